The first-order valence-corrected chi connectivity index (χ1v) is 8.35. The molecule has 0 unspecified atom stereocenters. The minimum Gasteiger partial charge on any atom is -0.483 e. The van der Waals surface area contributed by atoms with Gasteiger partial charge in [0, 0.05) is 13.0 Å². The fourth-order valence-corrected chi connectivity index (χ4v) is 3.02. The number of amides is 1. The molecule has 1 heterocycles. The first-order chi connectivity index (χ1) is 11.3. The molecule has 1 amide bonds. The molecule has 1 aliphatic rings. The van der Waals surface area contributed by atoms with Crippen molar-refractivity contribution in [2.45, 2.75) is 38.5 Å². The Labute approximate surface area is 136 Å². The van der Waals surface area contributed by atoms with Crippen molar-refractivity contribution in [2.24, 2.45) is 0 Å². The van der Waals surface area contributed by atoms with Gasteiger partial charge < -0.3 is 14.5 Å². The molecule has 1 aromatic carbocycles. The van der Waals surface area contributed by atoms with Crippen LogP contribution >= 0.6 is 0 Å². The van der Waals surface area contributed by atoms with Crippen molar-refractivity contribution in [3.63, 3.8) is 0 Å². The van der Waals surface area contributed by atoms with Crippen molar-refractivity contribution in [3.8, 4) is 5.75 Å². The van der Waals surface area contributed by atoms with E-state index < -0.39 is 0 Å². The lowest BCUT2D eigenvalue weighted by Crippen LogP contribution is -2.30. The van der Waals surface area contributed by atoms with Crippen molar-refractivity contribution in [2.75, 3.05) is 13.2 Å². The van der Waals surface area contributed by atoms with Crippen LogP contribution in [0.3, 0.4) is 0 Å². The van der Waals surface area contributed by atoms with E-state index in [9.17, 15) is 4.79 Å². The number of aryl methyl sites for hydroxylation is 2. The lowest BCUT2D eigenvalue weighted by Gasteiger charge is -2.19. The van der Waals surface area contributed by atoms with E-state index in [1.54, 1.807) is 6.26 Å². The van der Waals surface area contributed by atoms with E-state index in [2.05, 4.69) is 11.4 Å². The number of benzene rings is 1. The fourth-order valence-electron chi connectivity index (χ4n) is 3.02. The Balaban J connectivity index is 1.41. The zero-order chi connectivity index (χ0) is 15.9. The molecule has 23 heavy (non-hydrogen) atoms. The molecule has 0 saturated heterocycles. The highest BCUT2D eigenvalue weighted by atomic mass is 16.5. The monoisotopic (exact) mass is 313 g/mol. The number of carbonyl (C=O) groups excluding carboxylic acids is 1. The fraction of sp³-hybridized carbons (Fsp3) is 0.421. The van der Waals surface area contributed by atoms with Crippen LogP contribution in [0.15, 0.2) is 41.0 Å². The Kier molecular flexibility index (Phi) is 5.35. The van der Waals surface area contributed by atoms with Gasteiger partial charge in [-0.25, -0.2) is 0 Å². The summed E-state index contributed by atoms with van der Waals surface area (Å²) >= 11 is 0. The lowest BCUT2D eigenvalue weighted by molar-refractivity contribution is -0.123. The second-order valence-electron chi connectivity index (χ2n) is 5.92. The summed E-state index contributed by atoms with van der Waals surface area (Å²) in [4.78, 5) is 11.9. The van der Waals surface area contributed by atoms with Gasteiger partial charge in [-0.2, -0.15) is 0 Å². The number of fused-ring (bicyclic) bond motifs is 1. The van der Waals surface area contributed by atoms with Gasteiger partial charge in [-0.3, -0.25) is 4.79 Å². The molecular weight excluding hydrogens is 290 g/mol. The van der Waals surface area contributed by atoms with Crippen molar-refractivity contribution >= 4 is 5.91 Å². The van der Waals surface area contributed by atoms with E-state index >= 15 is 0 Å². The van der Waals surface area contributed by atoms with Gasteiger partial charge in [-0.1, -0.05) is 12.1 Å². The van der Waals surface area contributed by atoms with Gasteiger partial charge in [-0.15, -0.1) is 0 Å². The van der Waals surface area contributed by atoms with E-state index in [1.807, 2.05) is 24.3 Å². The highest BCUT2D eigenvalue weighted by Gasteiger charge is 2.14. The van der Waals surface area contributed by atoms with Gasteiger partial charge in [0.15, 0.2) is 6.61 Å². The summed E-state index contributed by atoms with van der Waals surface area (Å²) in [5.41, 5.74) is 2.65. The van der Waals surface area contributed by atoms with Crippen LogP contribution in [0.1, 0.15) is 36.1 Å². The summed E-state index contributed by atoms with van der Waals surface area (Å²) in [6.45, 7) is 0.715. The third kappa shape index (κ3) is 4.38. The SMILES string of the molecule is O=C(COc1cccc2c1CCCC2)NCCCc1ccco1. The smallest absolute Gasteiger partial charge is 0.257 e. The van der Waals surface area contributed by atoms with E-state index in [0.717, 1.165) is 37.2 Å². The molecule has 4 heteroatoms. The van der Waals surface area contributed by atoms with Gasteiger partial charge in [0.2, 0.25) is 0 Å². The van der Waals surface area contributed by atoms with Crippen LogP contribution in [0, 0.1) is 0 Å². The van der Waals surface area contributed by atoms with Gasteiger partial charge >= 0.3 is 0 Å². The molecule has 2 aromatic rings. The topological polar surface area (TPSA) is 51.5 Å². The Bertz CT molecular complexity index is 634. The number of furan rings is 1. The van der Waals surface area contributed by atoms with Gasteiger partial charge in [0.25, 0.3) is 5.91 Å². The summed E-state index contributed by atoms with van der Waals surface area (Å²) in [6, 6.07) is 9.97. The summed E-state index contributed by atoms with van der Waals surface area (Å²) in [6.07, 6.45) is 7.98. The standard InChI is InChI=1S/C19H23NO3/c21-19(20-12-4-8-16-9-5-13-22-16)14-23-18-11-3-7-15-6-1-2-10-17(15)18/h3,5,7,9,11,13H,1-2,4,6,8,10,12,14H2,(H,20,21). The average molecular weight is 313 g/mol. The first kappa shape index (κ1) is 15.7. The minimum atomic E-state index is -0.0714. The minimum absolute atomic E-state index is 0.0714. The van der Waals surface area contributed by atoms with Crippen LogP contribution in [-0.2, 0) is 24.1 Å². The number of hydrogen-bond acceptors (Lipinski definition) is 3. The van der Waals surface area contributed by atoms with Gasteiger partial charge in [0.05, 0.1) is 6.26 Å². The maximum atomic E-state index is 11.9. The zero-order valence-corrected chi connectivity index (χ0v) is 13.3. The molecule has 0 spiro atoms. The second-order valence-corrected chi connectivity index (χ2v) is 5.92. The largest absolute Gasteiger partial charge is 0.483 e. The van der Waals surface area contributed by atoms with Crippen LogP contribution in [0.4, 0.5) is 0 Å². The van der Waals surface area contributed by atoms with Crippen LogP contribution in [-0.4, -0.2) is 19.1 Å². The molecule has 1 aliphatic carbocycles. The van der Waals surface area contributed by atoms with Crippen LogP contribution in [0.25, 0.3) is 0 Å². The molecule has 0 atom stereocenters. The Morgan fingerprint density at radius 1 is 1.17 bits per heavy atom. The molecule has 0 radical (unpaired) electrons. The highest BCUT2D eigenvalue weighted by Crippen LogP contribution is 2.29. The quantitative estimate of drug-likeness (QED) is 0.798. The molecule has 0 fully saturated rings. The molecule has 0 bridgehead atoms. The first-order valence-electron chi connectivity index (χ1n) is 8.35. The Morgan fingerprint density at radius 2 is 2.09 bits per heavy atom. The number of nitrogens with one attached hydrogen (secondary N) is 1. The van der Waals surface area contributed by atoms with E-state index in [4.69, 9.17) is 9.15 Å². The molecule has 1 aromatic heterocycles. The third-order valence-electron chi connectivity index (χ3n) is 4.21. The molecule has 4 nitrogen and oxygen atoms in total. The second kappa shape index (κ2) is 7.86. The molecule has 3 rings (SSSR count). The number of rotatable bonds is 7. The lowest BCUT2D eigenvalue weighted by atomic mass is 9.91. The van der Waals surface area contributed by atoms with Crippen molar-refractivity contribution < 1.29 is 13.9 Å². The van der Waals surface area contributed by atoms with Gasteiger partial charge in [0.1, 0.15) is 11.5 Å². The van der Waals surface area contributed by atoms with Crippen LogP contribution in [0.2, 0.25) is 0 Å². The van der Waals surface area contributed by atoms with Crippen molar-refractivity contribution in [3.05, 3.63) is 53.5 Å². The van der Waals surface area contributed by atoms with E-state index in [0.29, 0.717) is 6.54 Å². The molecule has 122 valence electrons. The van der Waals surface area contributed by atoms with Crippen LogP contribution in [0.5, 0.6) is 5.75 Å². The number of hydrogen-bond donors (Lipinski definition) is 1. The van der Waals surface area contributed by atoms with Crippen molar-refractivity contribution in [1.82, 2.24) is 5.32 Å². The molecule has 1 N–H and O–H groups in total. The summed E-state index contributed by atoms with van der Waals surface area (Å²) < 4.78 is 11.0. The van der Waals surface area contributed by atoms with E-state index in [-0.39, 0.29) is 12.5 Å². The Morgan fingerprint density at radius 3 is 2.96 bits per heavy atom. The summed E-state index contributed by atoms with van der Waals surface area (Å²) in [5.74, 6) is 1.75. The summed E-state index contributed by atoms with van der Waals surface area (Å²) in [7, 11) is 0. The molecule has 0 aliphatic heterocycles. The van der Waals surface area contributed by atoms with E-state index in [1.165, 1.54) is 24.0 Å². The predicted molar refractivity (Wildman–Crippen MR) is 88.6 cm³/mol. The van der Waals surface area contributed by atoms with Crippen LogP contribution < -0.4 is 10.1 Å². The average Bonchev–Trinajstić information content (AvgIpc) is 3.10. The third-order valence-corrected chi connectivity index (χ3v) is 4.21. The maximum Gasteiger partial charge on any atom is 0.257 e. The normalized spacial score (nSPS) is 13.4. The maximum absolute atomic E-state index is 11.9. The zero-order valence-electron chi connectivity index (χ0n) is 13.3. The highest BCUT2D eigenvalue weighted by molar-refractivity contribution is 5.77. The number of ether oxygens (including phenoxy) is 1. The van der Waals surface area contributed by atoms with Gasteiger partial charge in [-0.05, 0) is 61.4 Å². The molecule has 0 saturated carbocycles. The predicted octanol–water partition coefficient (Wildman–Crippen LogP) is 3.29. The summed E-state index contributed by atoms with van der Waals surface area (Å²) in [5, 5.41) is 2.89. The van der Waals surface area contributed by atoms with Crippen molar-refractivity contribution in [1.29, 1.82) is 0 Å². The Hall–Kier alpha value is -2.23. The molecular formula is C19H23NO3. The number of carbonyl (C=O) groups is 1.